The molecule has 0 saturated carbocycles. The Morgan fingerprint density at radius 3 is 2.86 bits per heavy atom. The topological polar surface area (TPSA) is 68.3 Å². The van der Waals surface area contributed by atoms with Gasteiger partial charge in [0.1, 0.15) is 6.26 Å². The normalized spacial score (nSPS) is 11.4. The van der Waals surface area contributed by atoms with Crippen LogP contribution in [-0.2, 0) is 6.54 Å². The molecule has 1 aromatic carbocycles. The van der Waals surface area contributed by atoms with Crippen LogP contribution in [0.4, 0.5) is 0 Å². The summed E-state index contributed by atoms with van der Waals surface area (Å²) in [6.45, 7) is 4.80. The van der Waals surface area contributed by atoms with Gasteiger partial charge >= 0.3 is 5.97 Å². The summed E-state index contributed by atoms with van der Waals surface area (Å²) in [7, 11) is 0. The lowest BCUT2D eigenvalue weighted by molar-refractivity contribution is 0.0697. The second-order valence-corrected chi connectivity index (χ2v) is 5.38. The lowest BCUT2D eigenvalue weighted by Gasteiger charge is -2.03. The Labute approximate surface area is 121 Å². The Morgan fingerprint density at radius 1 is 1.43 bits per heavy atom. The largest absolute Gasteiger partial charge is 0.478 e. The number of aromatic carboxylic acids is 1. The van der Waals surface area contributed by atoms with Crippen molar-refractivity contribution >= 4 is 16.9 Å². The molecule has 0 fully saturated rings. The molecule has 0 saturated heterocycles. The molecule has 0 radical (unpaired) electrons. The lowest BCUT2D eigenvalue weighted by Crippen LogP contribution is -1.99. The highest BCUT2D eigenvalue weighted by Gasteiger charge is 2.14. The number of nitrogens with zero attached hydrogens (tertiary/aromatic N) is 2. The third kappa shape index (κ3) is 2.42. The number of carboxylic acids is 1. The van der Waals surface area contributed by atoms with E-state index in [2.05, 4.69) is 29.6 Å². The van der Waals surface area contributed by atoms with Gasteiger partial charge in [0, 0.05) is 17.1 Å². The van der Waals surface area contributed by atoms with Gasteiger partial charge in [-0.3, -0.25) is 0 Å². The third-order valence-corrected chi connectivity index (χ3v) is 3.60. The van der Waals surface area contributed by atoms with Gasteiger partial charge < -0.3 is 14.1 Å². The van der Waals surface area contributed by atoms with E-state index in [9.17, 15) is 4.79 Å². The maximum atomic E-state index is 11.2. The number of oxazole rings is 1. The fourth-order valence-electron chi connectivity index (χ4n) is 2.54. The average Bonchev–Trinajstić information content (AvgIpc) is 3.07. The Balaban J connectivity index is 2.15. The SMILES string of the molecule is CC(C)c1cn(Cc2cocn2)c2ccc(C(=O)O)cc12. The number of hydrogen-bond donors (Lipinski definition) is 1. The fraction of sp³-hybridized carbons (Fsp3) is 0.250. The van der Waals surface area contributed by atoms with Gasteiger partial charge in [0.25, 0.3) is 0 Å². The molecular formula is C16H16N2O3. The number of benzene rings is 1. The first kappa shape index (κ1) is 13.4. The molecule has 0 aliphatic heterocycles. The van der Waals surface area contributed by atoms with Gasteiger partial charge in [-0.05, 0) is 29.7 Å². The number of hydrogen-bond acceptors (Lipinski definition) is 3. The van der Waals surface area contributed by atoms with E-state index in [-0.39, 0.29) is 0 Å². The van der Waals surface area contributed by atoms with Gasteiger partial charge in [0.05, 0.1) is 17.8 Å². The van der Waals surface area contributed by atoms with Crippen molar-refractivity contribution in [3.8, 4) is 0 Å². The van der Waals surface area contributed by atoms with Crippen molar-refractivity contribution in [1.82, 2.24) is 9.55 Å². The van der Waals surface area contributed by atoms with Crippen LogP contribution >= 0.6 is 0 Å². The summed E-state index contributed by atoms with van der Waals surface area (Å²) in [5, 5.41) is 10.1. The molecule has 0 bridgehead atoms. The quantitative estimate of drug-likeness (QED) is 0.796. The first-order chi connectivity index (χ1) is 10.1. The Bertz CT molecular complexity index is 785. The molecule has 2 heterocycles. The van der Waals surface area contributed by atoms with Crippen LogP contribution in [0, 0.1) is 0 Å². The molecule has 1 N–H and O–H groups in total. The van der Waals surface area contributed by atoms with Crippen LogP contribution in [0.5, 0.6) is 0 Å². The van der Waals surface area contributed by atoms with E-state index in [0.717, 1.165) is 22.2 Å². The van der Waals surface area contributed by atoms with E-state index in [1.165, 1.54) is 6.39 Å². The standard InChI is InChI=1S/C16H16N2O3/c1-10(2)14-7-18(6-12-8-21-9-17-12)15-4-3-11(16(19)20)5-13(14)15/h3-5,7-10H,6H2,1-2H3,(H,19,20). The highest BCUT2D eigenvalue weighted by Crippen LogP contribution is 2.29. The van der Waals surface area contributed by atoms with E-state index < -0.39 is 5.97 Å². The molecule has 3 aromatic rings. The molecule has 108 valence electrons. The van der Waals surface area contributed by atoms with Crippen LogP contribution < -0.4 is 0 Å². The number of aromatic nitrogens is 2. The van der Waals surface area contributed by atoms with Crippen LogP contribution in [0.25, 0.3) is 10.9 Å². The van der Waals surface area contributed by atoms with Crippen LogP contribution in [0.2, 0.25) is 0 Å². The van der Waals surface area contributed by atoms with Crippen molar-refractivity contribution in [2.45, 2.75) is 26.3 Å². The van der Waals surface area contributed by atoms with Gasteiger partial charge in [-0.2, -0.15) is 0 Å². The smallest absolute Gasteiger partial charge is 0.335 e. The van der Waals surface area contributed by atoms with E-state index in [1.54, 1.807) is 18.4 Å². The molecule has 2 aromatic heterocycles. The van der Waals surface area contributed by atoms with Crippen molar-refractivity contribution < 1.29 is 14.3 Å². The maximum absolute atomic E-state index is 11.2. The molecule has 0 aliphatic carbocycles. The van der Waals surface area contributed by atoms with Crippen molar-refractivity contribution in [3.63, 3.8) is 0 Å². The number of fused-ring (bicyclic) bond motifs is 1. The van der Waals surface area contributed by atoms with Crippen molar-refractivity contribution in [1.29, 1.82) is 0 Å². The Kier molecular flexibility index (Phi) is 3.25. The van der Waals surface area contributed by atoms with E-state index >= 15 is 0 Å². The Morgan fingerprint density at radius 2 is 2.24 bits per heavy atom. The minimum absolute atomic E-state index is 0.309. The highest BCUT2D eigenvalue weighted by atomic mass is 16.4. The molecule has 21 heavy (non-hydrogen) atoms. The average molecular weight is 284 g/mol. The van der Waals surface area contributed by atoms with Gasteiger partial charge in [-0.25, -0.2) is 9.78 Å². The van der Waals surface area contributed by atoms with E-state index in [1.807, 2.05) is 6.07 Å². The van der Waals surface area contributed by atoms with E-state index in [0.29, 0.717) is 18.0 Å². The molecule has 0 aliphatic rings. The van der Waals surface area contributed by atoms with Crippen LogP contribution in [-0.4, -0.2) is 20.6 Å². The number of carbonyl (C=O) groups is 1. The highest BCUT2D eigenvalue weighted by molar-refractivity contribution is 5.95. The van der Waals surface area contributed by atoms with Crippen molar-refractivity contribution in [2.24, 2.45) is 0 Å². The second kappa shape index (κ2) is 5.09. The van der Waals surface area contributed by atoms with Crippen LogP contribution in [0.3, 0.4) is 0 Å². The van der Waals surface area contributed by atoms with Crippen molar-refractivity contribution in [3.05, 3.63) is 53.9 Å². The first-order valence-electron chi connectivity index (χ1n) is 6.79. The zero-order valence-electron chi connectivity index (χ0n) is 11.9. The molecule has 0 atom stereocenters. The molecule has 0 unspecified atom stereocenters. The van der Waals surface area contributed by atoms with Gasteiger partial charge in [0.2, 0.25) is 0 Å². The number of carboxylic acid groups (broad SMARTS) is 1. The molecule has 5 heteroatoms. The van der Waals surface area contributed by atoms with E-state index in [4.69, 9.17) is 9.52 Å². The number of rotatable bonds is 4. The first-order valence-corrected chi connectivity index (χ1v) is 6.79. The maximum Gasteiger partial charge on any atom is 0.335 e. The zero-order chi connectivity index (χ0) is 15.0. The summed E-state index contributed by atoms with van der Waals surface area (Å²) in [5.41, 5.74) is 3.29. The van der Waals surface area contributed by atoms with Gasteiger partial charge in [-0.15, -0.1) is 0 Å². The summed E-state index contributed by atoms with van der Waals surface area (Å²) in [6, 6.07) is 5.23. The summed E-state index contributed by atoms with van der Waals surface area (Å²) in [5.74, 6) is -0.592. The summed E-state index contributed by atoms with van der Waals surface area (Å²) < 4.78 is 7.08. The summed E-state index contributed by atoms with van der Waals surface area (Å²) in [6.07, 6.45) is 5.09. The second-order valence-electron chi connectivity index (χ2n) is 5.38. The summed E-state index contributed by atoms with van der Waals surface area (Å²) >= 11 is 0. The molecule has 3 rings (SSSR count). The third-order valence-electron chi connectivity index (χ3n) is 3.60. The van der Waals surface area contributed by atoms with Gasteiger partial charge in [-0.1, -0.05) is 13.8 Å². The molecule has 0 spiro atoms. The lowest BCUT2D eigenvalue weighted by atomic mass is 10.0. The van der Waals surface area contributed by atoms with Crippen LogP contribution in [0.1, 0.15) is 41.4 Å². The minimum atomic E-state index is -0.907. The van der Waals surface area contributed by atoms with Crippen LogP contribution in [0.15, 0.2) is 41.5 Å². The molecule has 0 amide bonds. The fourth-order valence-corrected chi connectivity index (χ4v) is 2.54. The Hall–Kier alpha value is -2.56. The molecular weight excluding hydrogens is 268 g/mol. The minimum Gasteiger partial charge on any atom is -0.478 e. The predicted molar refractivity (Wildman–Crippen MR) is 78.6 cm³/mol. The monoisotopic (exact) mass is 284 g/mol. The van der Waals surface area contributed by atoms with Gasteiger partial charge in [0.15, 0.2) is 6.39 Å². The predicted octanol–water partition coefficient (Wildman–Crippen LogP) is 3.50. The van der Waals surface area contributed by atoms with Crippen molar-refractivity contribution in [2.75, 3.05) is 0 Å². The zero-order valence-corrected chi connectivity index (χ0v) is 11.9. The summed E-state index contributed by atoms with van der Waals surface area (Å²) in [4.78, 5) is 15.3. The molecule has 5 nitrogen and oxygen atoms in total.